The number of nitrogens with one attached hydrogen (secondary N) is 1. The Hall–Kier alpha value is -1.10. The van der Waals surface area contributed by atoms with E-state index in [1.807, 2.05) is 0 Å². The van der Waals surface area contributed by atoms with Crippen LogP contribution in [-0.4, -0.2) is 49.9 Å². The van der Waals surface area contributed by atoms with Crippen molar-refractivity contribution >= 4 is 0 Å². The fraction of sp³-hybridized carbons (Fsp3) is 0.667. The fourth-order valence-electron chi connectivity index (χ4n) is 3.45. The van der Waals surface area contributed by atoms with E-state index in [4.69, 9.17) is 9.47 Å². The van der Waals surface area contributed by atoms with Crippen LogP contribution in [0.15, 0.2) is 24.3 Å². The van der Waals surface area contributed by atoms with Crippen molar-refractivity contribution in [3.63, 3.8) is 0 Å². The molecule has 0 amide bonds. The van der Waals surface area contributed by atoms with Crippen LogP contribution < -0.4 is 10.1 Å². The molecular weight excluding hydrogens is 276 g/mol. The van der Waals surface area contributed by atoms with Crippen LogP contribution in [0.1, 0.15) is 38.3 Å². The minimum Gasteiger partial charge on any atom is -0.491 e. The van der Waals surface area contributed by atoms with Crippen LogP contribution in [0.2, 0.25) is 0 Å². The van der Waals surface area contributed by atoms with E-state index in [0.29, 0.717) is 12.1 Å². The molecule has 2 heterocycles. The molecule has 4 heteroatoms. The molecule has 2 aliphatic rings. The smallest absolute Gasteiger partial charge is 0.124 e. The Morgan fingerprint density at radius 1 is 1.32 bits per heavy atom. The zero-order chi connectivity index (χ0) is 15.4. The lowest BCUT2D eigenvalue weighted by Gasteiger charge is -2.40. The van der Waals surface area contributed by atoms with Gasteiger partial charge >= 0.3 is 0 Å². The first-order chi connectivity index (χ1) is 10.7. The second kappa shape index (κ2) is 7.44. The molecule has 1 aromatic rings. The molecule has 2 aliphatic heterocycles. The van der Waals surface area contributed by atoms with Crippen molar-refractivity contribution in [2.24, 2.45) is 0 Å². The molecule has 2 saturated heterocycles. The lowest BCUT2D eigenvalue weighted by molar-refractivity contribution is 0.00695. The van der Waals surface area contributed by atoms with Crippen molar-refractivity contribution in [2.75, 3.05) is 32.8 Å². The summed E-state index contributed by atoms with van der Waals surface area (Å²) >= 11 is 0. The summed E-state index contributed by atoms with van der Waals surface area (Å²) < 4.78 is 11.7. The standard InChI is InChI=1S/C18H28N2O2/c1-14(2)22-18-8-4-3-7-16(18)17-12-20(10-9-19-17)15-6-5-11-21-13-15/h3-4,7-8,14-15,17,19H,5-6,9-13H2,1-2H3/t15-,17-/m0/s1. The number of piperazine rings is 1. The summed E-state index contributed by atoms with van der Waals surface area (Å²) in [4.78, 5) is 2.59. The van der Waals surface area contributed by atoms with Gasteiger partial charge in [0.15, 0.2) is 0 Å². The third-order valence-electron chi connectivity index (χ3n) is 4.52. The highest BCUT2D eigenvalue weighted by atomic mass is 16.5. The normalized spacial score (nSPS) is 27.0. The van der Waals surface area contributed by atoms with Crippen LogP contribution in [0.25, 0.3) is 0 Å². The molecule has 22 heavy (non-hydrogen) atoms. The first kappa shape index (κ1) is 15.8. The Bertz CT molecular complexity index is 472. The van der Waals surface area contributed by atoms with Crippen molar-refractivity contribution in [1.29, 1.82) is 0 Å². The first-order valence-electron chi connectivity index (χ1n) is 8.55. The second-order valence-corrected chi connectivity index (χ2v) is 6.58. The summed E-state index contributed by atoms with van der Waals surface area (Å²) in [5.74, 6) is 1.01. The van der Waals surface area contributed by atoms with E-state index < -0.39 is 0 Å². The number of hydrogen-bond donors (Lipinski definition) is 1. The zero-order valence-electron chi connectivity index (χ0n) is 13.8. The quantitative estimate of drug-likeness (QED) is 0.927. The van der Waals surface area contributed by atoms with Gasteiger partial charge in [0.1, 0.15) is 5.75 Å². The van der Waals surface area contributed by atoms with Crippen molar-refractivity contribution in [1.82, 2.24) is 10.2 Å². The van der Waals surface area contributed by atoms with Crippen molar-refractivity contribution in [3.05, 3.63) is 29.8 Å². The zero-order valence-corrected chi connectivity index (χ0v) is 13.8. The van der Waals surface area contributed by atoms with E-state index in [2.05, 4.69) is 48.3 Å². The summed E-state index contributed by atoms with van der Waals surface area (Å²) in [5, 5.41) is 3.66. The van der Waals surface area contributed by atoms with Crippen molar-refractivity contribution in [3.8, 4) is 5.75 Å². The van der Waals surface area contributed by atoms with E-state index in [0.717, 1.165) is 38.6 Å². The van der Waals surface area contributed by atoms with E-state index in [1.54, 1.807) is 0 Å². The third kappa shape index (κ3) is 3.80. The summed E-state index contributed by atoms with van der Waals surface area (Å²) in [6.07, 6.45) is 2.65. The fourth-order valence-corrected chi connectivity index (χ4v) is 3.45. The predicted octanol–water partition coefficient (Wildman–Crippen LogP) is 2.60. The van der Waals surface area contributed by atoms with Gasteiger partial charge in [-0.25, -0.2) is 0 Å². The van der Waals surface area contributed by atoms with Crippen LogP contribution in [0.3, 0.4) is 0 Å². The molecule has 0 aromatic heterocycles. The Labute approximate surface area is 133 Å². The van der Waals surface area contributed by atoms with Crippen molar-refractivity contribution < 1.29 is 9.47 Å². The lowest BCUT2D eigenvalue weighted by Crippen LogP contribution is -2.52. The predicted molar refractivity (Wildman–Crippen MR) is 88.4 cm³/mol. The maximum Gasteiger partial charge on any atom is 0.124 e. The molecule has 122 valence electrons. The van der Waals surface area contributed by atoms with Gasteiger partial charge in [-0.15, -0.1) is 0 Å². The van der Waals surface area contributed by atoms with Crippen LogP contribution in [0, 0.1) is 0 Å². The van der Waals surface area contributed by atoms with Gasteiger partial charge in [-0.1, -0.05) is 18.2 Å². The highest BCUT2D eigenvalue weighted by molar-refractivity contribution is 5.36. The van der Waals surface area contributed by atoms with E-state index in [1.165, 1.54) is 18.4 Å². The second-order valence-electron chi connectivity index (χ2n) is 6.58. The van der Waals surface area contributed by atoms with Gasteiger partial charge in [-0.2, -0.15) is 0 Å². The minimum absolute atomic E-state index is 0.201. The Morgan fingerprint density at radius 3 is 2.95 bits per heavy atom. The molecule has 4 nitrogen and oxygen atoms in total. The SMILES string of the molecule is CC(C)Oc1ccccc1[C@@H]1CN([C@H]2CCCOC2)CCN1. The van der Waals surface area contributed by atoms with Gasteiger partial charge in [0.25, 0.3) is 0 Å². The maximum atomic E-state index is 6.00. The third-order valence-corrected chi connectivity index (χ3v) is 4.52. The number of ether oxygens (including phenoxy) is 2. The van der Waals surface area contributed by atoms with Gasteiger partial charge in [0.2, 0.25) is 0 Å². The van der Waals surface area contributed by atoms with Crippen LogP contribution in [0.5, 0.6) is 5.75 Å². The number of para-hydroxylation sites is 1. The highest BCUT2D eigenvalue weighted by Crippen LogP contribution is 2.29. The lowest BCUT2D eigenvalue weighted by atomic mass is 10.0. The maximum absolute atomic E-state index is 6.00. The minimum atomic E-state index is 0.201. The molecular formula is C18H28N2O2. The monoisotopic (exact) mass is 304 g/mol. The first-order valence-corrected chi connectivity index (χ1v) is 8.55. The van der Waals surface area contributed by atoms with Crippen molar-refractivity contribution in [2.45, 2.75) is 44.9 Å². The molecule has 0 saturated carbocycles. The summed E-state index contributed by atoms with van der Waals surface area (Å²) in [6, 6.07) is 9.35. The Kier molecular flexibility index (Phi) is 5.34. The highest BCUT2D eigenvalue weighted by Gasteiger charge is 2.29. The van der Waals surface area contributed by atoms with Gasteiger partial charge < -0.3 is 14.8 Å². The number of rotatable bonds is 4. The molecule has 2 atom stereocenters. The number of hydrogen-bond acceptors (Lipinski definition) is 4. The molecule has 1 aromatic carbocycles. The van der Waals surface area contributed by atoms with E-state index in [9.17, 15) is 0 Å². The largest absolute Gasteiger partial charge is 0.491 e. The molecule has 0 radical (unpaired) electrons. The van der Waals surface area contributed by atoms with E-state index >= 15 is 0 Å². The average Bonchev–Trinajstić information content (AvgIpc) is 2.56. The summed E-state index contributed by atoms with van der Waals surface area (Å²) in [6.45, 7) is 9.14. The van der Waals surface area contributed by atoms with Gasteiger partial charge in [0.05, 0.1) is 12.7 Å². The average molecular weight is 304 g/mol. The summed E-state index contributed by atoms with van der Waals surface area (Å²) in [7, 11) is 0. The van der Waals surface area contributed by atoms with Gasteiger partial charge in [-0.3, -0.25) is 4.90 Å². The van der Waals surface area contributed by atoms with Crippen LogP contribution >= 0.6 is 0 Å². The molecule has 1 N–H and O–H groups in total. The molecule has 2 fully saturated rings. The van der Waals surface area contributed by atoms with Crippen LogP contribution in [-0.2, 0) is 4.74 Å². The van der Waals surface area contributed by atoms with Crippen LogP contribution in [0.4, 0.5) is 0 Å². The van der Waals surface area contributed by atoms with Gasteiger partial charge in [-0.05, 0) is 32.8 Å². The molecule has 3 rings (SSSR count). The molecule has 0 unspecified atom stereocenters. The van der Waals surface area contributed by atoms with E-state index in [-0.39, 0.29) is 6.10 Å². The number of benzene rings is 1. The Morgan fingerprint density at radius 2 is 2.18 bits per heavy atom. The number of nitrogens with zero attached hydrogens (tertiary/aromatic N) is 1. The molecule has 0 spiro atoms. The Balaban J connectivity index is 1.71. The summed E-state index contributed by atoms with van der Waals surface area (Å²) in [5.41, 5.74) is 1.28. The van der Waals surface area contributed by atoms with Gasteiger partial charge in [0, 0.05) is 43.9 Å². The topological polar surface area (TPSA) is 33.7 Å². The molecule has 0 aliphatic carbocycles. The molecule has 0 bridgehead atoms.